The molecule has 0 saturated carbocycles. The molecular weight excluding hydrogens is 437 g/mol. The van der Waals surface area contributed by atoms with Crippen LogP contribution >= 0.6 is 11.8 Å². The minimum atomic E-state index is -0.606. The van der Waals surface area contributed by atoms with Gasteiger partial charge in [0.15, 0.2) is 11.0 Å². The van der Waals surface area contributed by atoms with Crippen molar-refractivity contribution in [1.29, 1.82) is 0 Å². The first-order valence-corrected chi connectivity index (χ1v) is 10.4. The van der Waals surface area contributed by atoms with Gasteiger partial charge in [0.1, 0.15) is 5.82 Å². The van der Waals surface area contributed by atoms with E-state index < -0.39 is 17.7 Å². The summed E-state index contributed by atoms with van der Waals surface area (Å²) in [5.74, 6) is -1.36. The fraction of sp³-hybridized carbons (Fsp3) is 0.190. The van der Waals surface area contributed by atoms with Gasteiger partial charge in [0.25, 0.3) is 5.91 Å². The maximum Gasteiger partial charge on any atom is 0.337 e. The van der Waals surface area contributed by atoms with E-state index in [0.717, 1.165) is 0 Å². The number of carbonyl (C=O) groups is 3. The molecule has 0 bridgehead atoms. The van der Waals surface area contributed by atoms with Crippen molar-refractivity contribution >= 4 is 35.2 Å². The number of thioether (sulfide) groups is 1. The summed E-state index contributed by atoms with van der Waals surface area (Å²) in [6.45, 7) is 0.0516. The lowest BCUT2D eigenvalue weighted by Gasteiger charge is -2.07. The minimum absolute atomic E-state index is 0.0516. The number of ether oxygens (including phenoxy) is 1. The molecule has 0 saturated heterocycles. The number of halogens is 1. The van der Waals surface area contributed by atoms with E-state index in [9.17, 15) is 18.8 Å². The number of anilines is 1. The number of carbonyl (C=O) groups excluding carboxylic acids is 3. The largest absolute Gasteiger partial charge is 0.465 e. The number of methoxy groups -OCH3 is 1. The van der Waals surface area contributed by atoms with Crippen molar-refractivity contribution in [2.24, 2.45) is 7.05 Å². The van der Waals surface area contributed by atoms with Crippen LogP contribution in [0.3, 0.4) is 0 Å². The molecular formula is C21H20FN5O4S. The third-order valence-corrected chi connectivity index (χ3v) is 5.39. The van der Waals surface area contributed by atoms with Crippen LogP contribution in [0.2, 0.25) is 0 Å². The number of amides is 2. The van der Waals surface area contributed by atoms with Crippen molar-refractivity contribution in [2.75, 3.05) is 18.2 Å². The van der Waals surface area contributed by atoms with Gasteiger partial charge in [-0.15, -0.1) is 10.2 Å². The summed E-state index contributed by atoms with van der Waals surface area (Å²) in [4.78, 5) is 35.8. The Labute approximate surface area is 187 Å². The van der Waals surface area contributed by atoms with Gasteiger partial charge >= 0.3 is 5.97 Å². The summed E-state index contributed by atoms with van der Waals surface area (Å²) >= 11 is 1.17. The molecule has 0 spiro atoms. The number of rotatable bonds is 8. The SMILES string of the molecule is COC(=O)c1ccc(NC(=O)CSc2nnc(CNC(=O)c3ccccc3F)n2C)cc1. The highest BCUT2D eigenvalue weighted by molar-refractivity contribution is 7.99. The summed E-state index contributed by atoms with van der Waals surface area (Å²) in [6, 6.07) is 12.0. The first-order valence-electron chi connectivity index (χ1n) is 9.41. The Morgan fingerprint density at radius 3 is 2.50 bits per heavy atom. The van der Waals surface area contributed by atoms with Gasteiger partial charge in [0, 0.05) is 12.7 Å². The third kappa shape index (κ3) is 5.70. The van der Waals surface area contributed by atoms with Crippen LogP contribution in [0.4, 0.5) is 10.1 Å². The number of nitrogens with one attached hydrogen (secondary N) is 2. The van der Waals surface area contributed by atoms with Crippen LogP contribution in [0.5, 0.6) is 0 Å². The van der Waals surface area contributed by atoms with Gasteiger partial charge < -0.3 is 19.9 Å². The van der Waals surface area contributed by atoms with Crippen LogP contribution in [-0.2, 0) is 23.1 Å². The zero-order valence-corrected chi connectivity index (χ0v) is 18.1. The second-order valence-electron chi connectivity index (χ2n) is 6.53. The number of hydrogen-bond acceptors (Lipinski definition) is 7. The molecule has 0 radical (unpaired) electrons. The lowest BCUT2D eigenvalue weighted by Crippen LogP contribution is -2.25. The van der Waals surface area contributed by atoms with E-state index in [1.807, 2.05) is 0 Å². The highest BCUT2D eigenvalue weighted by Crippen LogP contribution is 2.17. The predicted molar refractivity (Wildman–Crippen MR) is 116 cm³/mol. The summed E-state index contributed by atoms with van der Waals surface area (Å²) in [7, 11) is 3.00. The average Bonchev–Trinajstić information content (AvgIpc) is 3.15. The van der Waals surface area contributed by atoms with E-state index in [0.29, 0.717) is 22.2 Å². The van der Waals surface area contributed by atoms with Crippen molar-refractivity contribution in [3.8, 4) is 0 Å². The molecule has 1 aromatic heterocycles. The molecule has 3 aromatic rings. The summed E-state index contributed by atoms with van der Waals surface area (Å²) in [5, 5.41) is 13.8. The Balaban J connectivity index is 1.51. The maximum atomic E-state index is 13.7. The van der Waals surface area contributed by atoms with Crippen LogP contribution in [0.1, 0.15) is 26.5 Å². The zero-order chi connectivity index (χ0) is 23.1. The molecule has 166 valence electrons. The monoisotopic (exact) mass is 457 g/mol. The molecule has 0 unspecified atom stereocenters. The lowest BCUT2D eigenvalue weighted by molar-refractivity contribution is -0.113. The van der Waals surface area contributed by atoms with Crippen molar-refractivity contribution in [1.82, 2.24) is 20.1 Å². The Morgan fingerprint density at radius 2 is 1.81 bits per heavy atom. The molecule has 0 aliphatic rings. The van der Waals surface area contributed by atoms with Crippen molar-refractivity contribution in [2.45, 2.75) is 11.7 Å². The van der Waals surface area contributed by atoms with Gasteiger partial charge in [-0.1, -0.05) is 23.9 Å². The summed E-state index contributed by atoms with van der Waals surface area (Å²) in [6.07, 6.45) is 0. The number of nitrogens with zero attached hydrogens (tertiary/aromatic N) is 3. The molecule has 2 aromatic carbocycles. The van der Waals surface area contributed by atoms with Crippen LogP contribution in [0.25, 0.3) is 0 Å². The van der Waals surface area contributed by atoms with Gasteiger partial charge in [-0.3, -0.25) is 9.59 Å². The molecule has 2 amide bonds. The fourth-order valence-corrected chi connectivity index (χ4v) is 3.39. The lowest BCUT2D eigenvalue weighted by atomic mass is 10.2. The Kier molecular flexibility index (Phi) is 7.55. The molecule has 1 heterocycles. The number of hydrogen-bond donors (Lipinski definition) is 2. The second-order valence-corrected chi connectivity index (χ2v) is 7.47. The number of esters is 1. The van der Waals surface area contributed by atoms with Gasteiger partial charge in [-0.05, 0) is 36.4 Å². The smallest absolute Gasteiger partial charge is 0.337 e. The van der Waals surface area contributed by atoms with Crippen molar-refractivity contribution in [3.05, 3.63) is 71.3 Å². The standard InChI is InChI=1S/C21H20FN5O4S/c1-27-17(11-23-19(29)15-5-3-4-6-16(15)22)25-26-21(27)32-12-18(28)24-14-9-7-13(8-10-14)20(30)31-2/h3-10H,11-12H2,1-2H3,(H,23,29)(H,24,28). The molecule has 11 heteroatoms. The molecule has 0 aliphatic heterocycles. The molecule has 0 atom stereocenters. The number of benzene rings is 2. The maximum absolute atomic E-state index is 13.7. The highest BCUT2D eigenvalue weighted by atomic mass is 32.2. The van der Waals surface area contributed by atoms with Gasteiger partial charge in [0.2, 0.25) is 5.91 Å². The molecule has 9 nitrogen and oxygen atoms in total. The van der Waals surface area contributed by atoms with Crippen LogP contribution < -0.4 is 10.6 Å². The number of aromatic nitrogens is 3. The van der Waals surface area contributed by atoms with Gasteiger partial charge in [-0.25, -0.2) is 9.18 Å². The zero-order valence-electron chi connectivity index (χ0n) is 17.3. The van der Waals surface area contributed by atoms with E-state index in [2.05, 4.69) is 25.6 Å². The highest BCUT2D eigenvalue weighted by Gasteiger charge is 2.15. The van der Waals surface area contributed by atoms with E-state index in [1.165, 1.54) is 37.1 Å². The van der Waals surface area contributed by atoms with Crippen molar-refractivity contribution < 1.29 is 23.5 Å². The molecule has 32 heavy (non-hydrogen) atoms. The van der Waals surface area contributed by atoms with Crippen LogP contribution in [0.15, 0.2) is 53.7 Å². The molecule has 0 fully saturated rings. The fourth-order valence-electron chi connectivity index (χ4n) is 2.66. The Bertz CT molecular complexity index is 1130. The molecule has 3 rings (SSSR count). The first-order chi connectivity index (χ1) is 15.4. The summed E-state index contributed by atoms with van der Waals surface area (Å²) < 4.78 is 20.0. The van der Waals surface area contributed by atoms with E-state index in [4.69, 9.17) is 0 Å². The van der Waals surface area contributed by atoms with E-state index >= 15 is 0 Å². The minimum Gasteiger partial charge on any atom is -0.465 e. The quantitative estimate of drug-likeness (QED) is 0.394. The van der Waals surface area contributed by atoms with E-state index in [-0.39, 0.29) is 23.8 Å². The predicted octanol–water partition coefficient (Wildman–Crippen LogP) is 2.40. The third-order valence-electron chi connectivity index (χ3n) is 4.37. The average molecular weight is 457 g/mol. The Hall–Kier alpha value is -3.73. The van der Waals surface area contributed by atoms with Gasteiger partial charge in [0.05, 0.1) is 30.5 Å². The second kappa shape index (κ2) is 10.5. The van der Waals surface area contributed by atoms with Crippen LogP contribution in [-0.4, -0.2) is 45.4 Å². The first kappa shape index (κ1) is 22.9. The topological polar surface area (TPSA) is 115 Å². The van der Waals surface area contributed by atoms with Crippen LogP contribution in [0, 0.1) is 5.82 Å². The van der Waals surface area contributed by atoms with Crippen molar-refractivity contribution in [3.63, 3.8) is 0 Å². The summed E-state index contributed by atoms with van der Waals surface area (Å²) in [5.41, 5.74) is 0.868. The van der Waals surface area contributed by atoms with Gasteiger partial charge in [-0.2, -0.15) is 0 Å². The normalized spacial score (nSPS) is 10.5. The molecule has 0 aliphatic carbocycles. The molecule has 2 N–H and O–H groups in total. The Morgan fingerprint density at radius 1 is 1.09 bits per heavy atom. The van der Waals surface area contributed by atoms with E-state index in [1.54, 1.807) is 41.9 Å².